The molecule has 0 aliphatic carbocycles. The van der Waals surface area contributed by atoms with E-state index >= 15 is 0 Å². The molecular weight excluding hydrogens is 344 g/mol. The van der Waals surface area contributed by atoms with Crippen LogP contribution < -0.4 is 10.5 Å². The van der Waals surface area contributed by atoms with Gasteiger partial charge in [0.25, 0.3) is 0 Å². The second-order valence-corrected chi connectivity index (χ2v) is 8.52. The van der Waals surface area contributed by atoms with Gasteiger partial charge in [-0.15, -0.1) is 11.3 Å². The molecule has 130 valence electrons. The highest BCUT2D eigenvalue weighted by molar-refractivity contribution is 7.91. The molecule has 0 fully saturated rings. The lowest BCUT2D eigenvalue weighted by molar-refractivity contribution is -0.122. The van der Waals surface area contributed by atoms with Gasteiger partial charge < -0.3 is 5.32 Å². The molecule has 0 saturated heterocycles. The Bertz CT molecular complexity index is 770. The molecule has 0 bridgehead atoms. The fourth-order valence-corrected chi connectivity index (χ4v) is 4.28. The molecule has 0 aliphatic heterocycles. The molecular formula is C17H22N2O3S2. The van der Waals surface area contributed by atoms with Crippen molar-refractivity contribution < 1.29 is 13.2 Å². The van der Waals surface area contributed by atoms with E-state index in [9.17, 15) is 13.2 Å². The number of primary sulfonamides is 1. The van der Waals surface area contributed by atoms with E-state index in [0.717, 1.165) is 34.6 Å². The molecule has 1 amide bonds. The molecule has 1 unspecified atom stereocenters. The van der Waals surface area contributed by atoms with Gasteiger partial charge in [-0.2, -0.15) is 0 Å². The van der Waals surface area contributed by atoms with Crippen LogP contribution in [0.15, 0.2) is 46.7 Å². The molecule has 1 atom stereocenters. The first-order valence-corrected chi connectivity index (χ1v) is 10.2. The Morgan fingerprint density at radius 2 is 1.92 bits per heavy atom. The lowest BCUT2D eigenvalue weighted by atomic mass is 9.93. The van der Waals surface area contributed by atoms with Crippen LogP contribution in [0.4, 0.5) is 0 Å². The minimum Gasteiger partial charge on any atom is -0.355 e. The highest BCUT2D eigenvalue weighted by Gasteiger charge is 2.19. The molecule has 1 aromatic carbocycles. The van der Waals surface area contributed by atoms with Gasteiger partial charge in [0.1, 0.15) is 4.21 Å². The zero-order chi connectivity index (χ0) is 17.6. The highest BCUT2D eigenvalue weighted by Crippen LogP contribution is 2.22. The molecule has 1 heterocycles. The number of amides is 1. The van der Waals surface area contributed by atoms with Crippen molar-refractivity contribution in [2.45, 2.75) is 36.3 Å². The van der Waals surface area contributed by atoms with Gasteiger partial charge in [-0.05, 0) is 30.5 Å². The number of sulfonamides is 1. The topological polar surface area (TPSA) is 89.3 Å². The van der Waals surface area contributed by atoms with Crippen LogP contribution in [0.5, 0.6) is 0 Å². The van der Waals surface area contributed by atoms with E-state index in [2.05, 4.69) is 12.2 Å². The van der Waals surface area contributed by atoms with E-state index in [-0.39, 0.29) is 16.0 Å². The predicted molar refractivity (Wildman–Crippen MR) is 96.5 cm³/mol. The molecule has 1 aromatic heterocycles. The Hall–Kier alpha value is -1.70. The maximum Gasteiger partial charge on any atom is 0.247 e. The van der Waals surface area contributed by atoms with Crippen molar-refractivity contribution in [3.63, 3.8) is 0 Å². The van der Waals surface area contributed by atoms with Gasteiger partial charge in [0.2, 0.25) is 15.9 Å². The summed E-state index contributed by atoms with van der Waals surface area (Å²) >= 11 is 1.14. The summed E-state index contributed by atoms with van der Waals surface area (Å²) in [4.78, 5) is 13.3. The normalized spacial score (nSPS) is 12.8. The number of nitrogens with two attached hydrogens (primary N) is 1. The molecule has 0 spiro atoms. The second-order valence-electron chi connectivity index (χ2n) is 5.56. The van der Waals surface area contributed by atoms with E-state index in [0.29, 0.717) is 13.0 Å². The molecule has 7 heteroatoms. The summed E-state index contributed by atoms with van der Waals surface area (Å²) in [5.74, 6) is -0.147. The Morgan fingerprint density at radius 3 is 2.50 bits per heavy atom. The van der Waals surface area contributed by atoms with Crippen molar-refractivity contribution in [1.29, 1.82) is 0 Å². The number of thiophene rings is 1. The van der Waals surface area contributed by atoms with Crippen molar-refractivity contribution >= 4 is 27.3 Å². The van der Waals surface area contributed by atoms with E-state index < -0.39 is 10.0 Å². The largest absolute Gasteiger partial charge is 0.355 e. The van der Waals surface area contributed by atoms with E-state index in [1.807, 2.05) is 30.3 Å². The fraction of sp³-hybridized carbons (Fsp3) is 0.353. The van der Waals surface area contributed by atoms with Crippen LogP contribution in [0.25, 0.3) is 0 Å². The molecule has 2 rings (SSSR count). The predicted octanol–water partition coefficient (Wildman–Crippen LogP) is 2.64. The zero-order valence-electron chi connectivity index (χ0n) is 13.6. The molecule has 0 aliphatic rings. The van der Waals surface area contributed by atoms with Crippen LogP contribution in [0.2, 0.25) is 0 Å². The molecule has 2 aromatic rings. The van der Waals surface area contributed by atoms with Crippen LogP contribution in [0.3, 0.4) is 0 Å². The third-order valence-electron chi connectivity index (χ3n) is 3.68. The number of benzene rings is 1. The van der Waals surface area contributed by atoms with Crippen molar-refractivity contribution in [1.82, 2.24) is 5.32 Å². The van der Waals surface area contributed by atoms with Gasteiger partial charge in [0, 0.05) is 11.4 Å². The van der Waals surface area contributed by atoms with Gasteiger partial charge in [-0.3, -0.25) is 4.79 Å². The van der Waals surface area contributed by atoms with Gasteiger partial charge in [0.05, 0.1) is 5.92 Å². The molecule has 0 radical (unpaired) electrons. The van der Waals surface area contributed by atoms with Crippen molar-refractivity contribution in [2.24, 2.45) is 5.14 Å². The summed E-state index contributed by atoms with van der Waals surface area (Å²) in [7, 11) is -3.65. The summed E-state index contributed by atoms with van der Waals surface area (Å²) in [5.41, 5.74) is 1.02. The minimum absolute atomic E-state index is 0.00581. The van der Waals surface area contributed by atoms with E-state index in [1.165, 1.54) is 6.07 Å². The standard InChI is InChI=1S/C17H22N2O3S2/c1-2-6-15(13-7-4-3-5-8-13)17(20)19-12-11-14-9-10-16(23-14)24(18,21)22/h3-5,7-10,15H,2,6,11-12H2,1H3,(H,19,20)(H2,18,21,22). The number of nitrogens with one attached hydrogen (secondary N) is 1. The average molecular weight is 367 g/mol. The Labute approximate surface area is 146 Å². The third-order valence-corrected chi connectivity index (χ3v) is 6.27. The monoisotopic (exact) mass is 366 g/mol. The van der Waals surface area contributed by atoms with Crippen LogP contribution in [-0.2, 0) is 21.2 Å². The SMILES string of the molecule is CCCC(C(=O)NCCc1ccc(S(N)(=O)=O)s1)c1ccccc1. The number of carbonyl (C=O) groups is 1. The van der Waals surface area contributed by atoms with Crippen molar-refractivity contribution in [2.75, 3.05) is 6.54 Å². The number of carbonyl (C=O) groups excluding carboxylic acids is 1. The van der Waals surface area contributed by atoms with Gasteiger partial charge >= 0.3 is 0 Å². The summed E-state index contributed by atoms with van der Waals surface area (Å²) in [6.45, 7) is 2.53. The number of rotatable bonds is 8. The van der Waals surface area contributed by atoms with E-state index in [1.54, 1.807) is 6.07 Å². The highest BCUT2D eigenvalue weighted by atomic mass is 32.2. The first-order valence-electron chi connectivity index (χ1n) is 7.86. The van der Waals surface area contributed by atoms with Crippen molar-refractivity contribution in [3.8, 4) is 0 Å². The fourth-order valence-electron chi connectivity index (χ4n) is 2.50. The Balaban J connectivity index is 1.93. The number of hydrogen-bond donors (Lipinski definition) is 2. The summed E-state index contributed by atoms with van der Waals surface area (Å²) in [6.07, 6.45) is 2.31. The molecule has 3 N–H and O–H groups in total. The molecule has 5 nitrogen and oxygen atoms in total. The second kappa shape index (κ2) is 8.41. The Kier molecular flexibility index (Phi) is 6.53. The van der Waals surface area contributed by atoms with Crippen LogP contribution in [-0.4, -0.2) is 20.9 Å². The van der Waals surface area contributed by atoms with Crippen LogP contribution in [0.1, 0.15) is 36.1 Å². The Morgan fingerprint density at radius 1 is 1.21 bits per heavy atom. The molecule has 24 heavy (non-hydrogen) atoms. The quantitative estimate of drug-likeness (QED) is 0.752. The van der Waals surface area contributed by atoms with Gasteiger partial charge in [-0.1, -0.05) is 43.7 Å². The summed E-state index contributed by atoms with van der Waals surface area (Å²) in [5, 5.41) is 8.05. The first kappa shape index (κ1) is 18.6. The first-order chi connectivity index (χ1) is 11.4. The third kappa shape index (κ3) is 5.15. The average Bonchev–Trinajstić information content (AvgIpc) is 3.02. The van der Waals surface area contributed by atoms with Gasteiger partial charge in [0.15, 0.2) is 0 Å². The molecule has 0 saturated carbocycles. The van der Waals surface area contributed by atoms with Crippen LogP contribution in [0, 0.1) is 0 Å². The maximum atomic E-state index is 12.5. The smallest absolute Gasteiger partial charge is 0.247 e. The van der Waals surface area contributed by atoms with Gasteiger partial charge in [-0.25, -0.2) is 13.6 Å². The lowest BCUT2D eigenvalue weighted by Crippen LogP contribution is -2.31. The zero-order valence-corrected chi connectivity index (χ0v) is 15.2. The minimum atomic E-state index is -3.65. The lowest BCUT2D eigenvalue weighted by Gasteiger charge is -2.16. The van der Waals surface area contributed by atoms with Crippen molar-refractivity contribution in [3.05, 3.63) is 52.9 Å². The summed E-state index contributed by atoms with van der Waals surface area (Å²) < 4.78 is 22.7. The summed E-state index contributed by atoms with van der Waals surface area (Å²) in [6, 6.07) is 13.0. The van der Waals surface area contributed by atoms with Crippen LogP contribution >= 0.6 is 11.3 Å². The number of hydrogen-bond acceptors (Lipinski definition) is 4. The van der Waals surface area contributed by atoms with E-state index in [4.69, 9.17) is 5.14 Å². The maximum absolute atomic E-state index is 12.5.